The van der Waals surface area contributed by atoms with Crippen LogP contribution in [-0.4, -0.2) is 57.8 Å². The van der Waals surface area contributed by atoms with E-state index < -0.39 is 0 Å². The molecule has 0 unspecified atom stereocenters. The zero-order chi connectivity index (χ0) is 18.5. The number of aromatic nitrogens is 2. The van der Waals surface area contributed by atoms with Gasteiger partial charge in [0, 0.05) is 38.1 Å². The van der Waals surface area contributed by atoms with Gasteiger partial charge in [-0.25, -0.2) is 4.98 Å². The Morgan fingerprint density at radius 2 is 1.85 bits per heavy atom. The molecule has 0 N–H and O–H groups in total. The molecule has 2 aromatic rings. The smallest absolute Gasteiger partial charge is 0.272 e. The topological polar surface area (TPSA) is 90.2 Å². The standard InChI is InChI=1S/C19H19N5O2/c1-14-15(13-20)5-6-17(22-14)19(26)24-10-8-23(9-11-24)18(25)12-16-4-2-3-7-21-16/h2-7H,8-12H2,1H3. The SMILES string of the molecule is Cc1nc(C(=O)N2CCN(C(=O)Cc3ccccn3)CC2)ccc1C#N. The Bertz CT molecular complexity index is 852. The van der Waals surface area contributed by atoms with E-state index in [4.69, 9.17) is 5.26 Å². The van der Waals surface area contributed by atoms with Crippen LogP contribution in [0.2, 0.25) is 0 Å². The normalized spacial score (nSPS) is 14.0. The van der Waals surface area contributed by atoms with Crippen molar-refractivity contribution in [3.8, 4) is 6.07 Å². The highest BCUT2D eigenvalue weighted by atomic mass is 16.2. The van der Waals surface area contributed by atoms with Crippen LogP contribution in [-0.2, 0) is 11.2 Å². The van der Waals surface area contributed by atoms with Crippen molar-refractivity contribution >= 4 is 11.8 Å². The van der Waals surface area contributed by atoms with E-state index in [0.29, 0.717) is 43.1 Å². The van der Waals surface area contributed by atoms with Crippen LogP contribution in [0.4, 0.5) is 0 Å². The fraction of sp³-hybridized carbons (Fsp3) is 0.316. The Kier molecular flexibility index (Phi) is 5.23. The lowest BCUT2D eigenvalue weighted by atomic mass is 10.2. The fourth-order valence-electron chi connectivity index (χ4n) is 2.89. The summed E-state index contributed by atoms with van der Waals surface area (Å²) in [6.45, 7) is 3.63. The van der Waals surface area contributed by atoms with Gasteiger partial charge < -0.3 is 9.80 Å². The third-order valence-electron chi connectivity index (χ3n) is 4.40. The molecule has 0 aromatic carbocycles. The number of hydrogen-bond acceptors (Lipinski definition) is 5. The van der Waals surface area contributed by atoms with Crippen LogP contribution in [0, 0.1) is 18.3 Å². The Morgan fingerprint density at radius 3 is 2.46 bits per heavy atom. The van der Waals surface area contributed by atoms with Crippen molar-refractivity contribution in [1.29, 1.82) is 5.26 Å². The van der Waals surface area contributed by atoms with Gasteiger partial charge in [-0.2, -0.15) is 5.26 Å². The molecule has 0 aliphatic carbocycles. The van der Waals surface area contributed by atoms with Gasteiger partial charge in [0.25, 0.3) is 5.91 Å². The molecule has 0 saturated carbocycles. The molecule has 1 saturated heterocycles. The summed E-state index contributed by atoms with van der Waals surface area (Å²) in [5.74, 6) is -0.155. The molecule has 0 atom stereocenters. The molecule has 7 nitrogen and oxygen atoms in total. The maximum atomic E-state index is 12.6. The van der Waals surface area contributed by atoms with Crippen LogP contribution in [0.1, 0.15) is 27.4 Å². The van der Waals surface area contributed by atoms with Crippen LogP contribution in [0.25, 0.3) is 0 Å². The second-order valence-corrected chi connectivity index (χ2v) is 6.11. The number of nitriles is 1. The quantitative estimate of drug-likeness (QED) is 0.830. The van der Waals surface area contributed by atoms with Crippen LogP contribution in [0.5, 0.6) is 0 Å². The molecule has 7 heteroatoms. The van der Waals surface area contributed by atoms with Crippen molar-refractivity contribution in [3.63, 3.8) is 0 Å². The highest BCUT2D eigenvalue weighted by Crippen LogP contribution is 2.11. The molecule has 2 aromatic heterocycles. The monoisotopic (exact) mass is 349 g/mol. The summed E-state index contributed by atoms with van der Waals surface area (Å²) >= 11 is 0. The first-order valence-electron chi connectivity index (χ1n) is 8.43. The number of carbonyl (C=O) groups excluding carboxylic acids is 2. The van der Waals surface area contributed by atoms with E-state index in [9.17, 15) is 9.59 Å². The minimum atomic E-state index is -0.172. The van der Waals surface area contributed by atoms with E-state index in [2.05, 4.69) is 9.97 Å². The number of aryl methyl sites for hydroxylation is 1. The summed E-state index contributed by atoms with van der Waals surface area (Å²) in [4.78, 5) is 36.8. The fourth-order valence-corrected chi connectivity index (χ4v) is 2.89. The van der Waals surface area contributed by atoms with Crippen molar-refractivity contribution in [2.75, 3.05) is 26.2 Å². The van der Waals surface area contributed by atoms with Gasteiger partial charge in [0.1, 0.15) is 11.8 Å². The summed E-state index contributed by atoms with van der Waals surface area (Å²) in [6, 6.07) is 10.7. The lowest BCUT2D eigenvalue weighted by Gasteiger charge is -2.34. The number of hydrogen-bond donors (Lipinski definition) is 0. The zero-order valence-corrected chi connectivity index (χ0v) is 14.6. The summed E-state index contributed by atoms with van der Waals surface area (Å²) < 4.78 is 0. The van der Waals surface area contributed by atoms with Gasteiger partial charge in [-0.15, -0.1) is 0 Å². The molecular formula is C19H19N5O2. The molecule has 2 amide bonds. The van der Waals surface area contributed by atoms with Crippen molar-refractivity contribution in [2.24, 2.45) is 0 Å². The molecule has 1 fully saturated rings. The first-order valence-corrected chi connectivity index (χ1v) is 8.43. The third kappa shape index (κ3) is 3.86. The number of rotatable bonds is 3. The molecular weight excluding hydrogens is 330 g/mol. The number of amides is 2. The van der Waals surface area contributed by atoms with E-state index in [1.165, 1.54) is 0 Å². The van der Waals surface area contributed by atoms with E-state index >= 15 is 0 Å². The van der Waals surface area contributed by atoms with Gasteiger partial charge >= 0.3 is 0 Å². The molecule has 1 aliphatic heterocycles. The van der Waals surface area contributed by atoms with Gasteiger partial charge in [-0.3, -0.25) is 14.6 Å². The summed E-state index contributed by atoms with van der Waals surface area (Å²) in [7, 11) is 0. The number of piperazine rings is 1. The van der Waals surface area contributed by atoms with E-state index in [0.717, 1.165) is 5.69 Å². The van der Waals surface area contributed by atoms with Gasteiger partial charge in [0.05, 0.1) is 17.7 Å². The van der Waals surface area contributed by atoms with E-state index in [1.807, 2.05) is 24.3 Å². The molecule has 3 heterocycles. The van der Waals surface area contributed by atoms with Gasteiger partial charge in [-0.05, 0) is 31.2 Å². The van der Waals surface area contributed by atoms with Crippen LogP contribution < -0.4 is 0 Å². The summed E-state index contributed by atoms with van der Waals surface area (Å²) in [5.41, 5.74) is 2.08. The first-order chi connectivity index (χ1) is 12.6. The largest absolute Gasteiger partial charge is 0.339 e. The molecule has 132 valence electrons. The molecule has 0 spiro atoms. The van der Waals surface area contributed by atoms with E-state index in [1.54, 1.807) is 35.1 Å². The summed E-state index contributed by atoms with van der Waals surface area (Å²) in [5, 5.41) is 8.96. The molecule has 1 aliphatic rings. The van der Waals surface area contributed by atoms with Gasteiger partial charge in [-0.1, -0.05) is 6.07 Å². The Morgan fingerprint density at radius 1 is 1.12 bits per heavy atom. The predicted molar refractivity (Wildman–Crippen MR) is 94.1 cm³/mol. The maximum absolute atomic E-state index is 12.6. The Labute approximate surface area is 151 Å². The molecule has 0 bridgehead atoms. The minimum absolute atomic E-state index is 0.0168. The summed E-state index contributed by atoms with van der Waals surface area (Å²) in [6.07, 6.45) is 1.94. The Hall–Kier alpha value is -3.27. The van der Waals surface area contributed by atoms with Crippen molar-refractivity contribution in [1.82, 2.24) is 19.8 Å². The number of nitrogens with zero attached hydrogens (tertiary/aromatic N) is 5. The highest BCUT2D eigenvalue weighted by molar-refractivity contribution is 5.92. The zero-order valence-electron chi connectivity index (χ0n) is 14.6. The van der Waals surface area contributed by atoms with Crippen molar-refractivity contribution < 1.29 is 9.59 Å². The first kappa shape index (κ1) is 17.5. The molecule has 26 heavy (non-hydrogen) atoms. The second kappa shape index (κ2) is 7.74. The lowest BCUT2D eigenvalue weighted by Crippen LogP contribution is -2.51. The van der Waals surface area contributed by atoms with Gasteiger partial charge in [0.2, 0.25) is 5.91 Å². The molecule has 3 rings (SSSR count). The average molecular weight is 349 g/mol. The van der Waals surface area contributed by atoms with Crippen molar-refractivity contribution in [3.05, 3.63) is 59.2 Å². The third-order valence-corrected chi connectivity index (χ3v) is 4.40. The number of pyridine rings is 2. The van der Waals surface area contributed by atoms with Gasteiger partial charge in [0.15, 0.2) is 0 Å². The molecule has 0 radical (unpaired) electrons. The van der Waals surface area contributed by atoms with Crippen LogP contribution in [0.15, 0.2) is 36.5 Å². The van der Waals surface area contributed by atoms with Crippen LogP contribution >= 0.6 is 0 Å². The van der Waals surface area contributed by atoms with E-state index in [-0.39, 0.29) is 18.2 Å². The van der Waals surface area contributed by atoms with Crippen molar-refractivity contribution in [2.45, 2.75) is 13.3 Å². The maximum Gasteiger partial charge on any atom is 0.272 e. The Balaban J connectivity index is 1.58. The van der Waals surface area contributed by atoms with Crippen LogP contribution in [0.3, 0.4) is 0 Å². The highest BCUT2D eigenvalue weighted by Gasteiger charge is 2.25. The second-order valence-electron chi connectivity index (χ2n) is 6.11. The minimum Gasteiger partial charge on any atom is -0.339 e. The number of carbonyl (C=O) groups is 2. The predicted octanol–water partition coefficient (Wildman–Crippen LogP) is 1.18. The lowest BCUT2D eigenvalue weighted by molar-refractivity contribution is -0.132. The average Bonchev–Trinajstić information content (AvgIpc) is 2.68.